The molecule has 0 atom stereocenters. The molecule has 184 valence electrons. The van der Waals surface area contributed by atoms with Gasteiger partial charge in [-0.3, -0.25) is 14.4 Å². The highest BCUT2D eigenvalue weighted by Gasteiger charge is 2.15. The first kappa shape index (κ1) is 24.4. The van der Waals surface area contributed by atoms with Gasteiger partial charge >= 0.3 is 0 Å². The lowest BCUT2D eigenvalue weighted by molar-refractivity contribution is -0.121. The van der Waals surface area contributed by atoms with Crippen molar-refractivity contribution in [3.05, 3.63) is 109 Å². The summed E-state index contributed by atoms with van der Waals surface area (Å²) in [5.74, 6) is -1.08. The van der Waals surface area contributed by atoms with Crippen LogP contribution < -0.4 is 16.4 Å². The molecule has 8 nitrogen and oxygen atoms in total. The number of benzene rings is 3. The summed E-state index contributed by atoms with van der Waals surface area (Å²) in [5, 5.41) is 9.67. The summed E-state index contributed by atoms with van der Waals surface area (Å²) in [6.07, 6.45) is 2.27. The van der Waals surface area contributed by atoms with E-state index in [0.29, 0.717) is 22.0 Å². The lowest BCUT2D eigenvalue weighted by Gasteiger charge is -2.10. The van der Waals surface area contributed by atoms with Crippen LogP contribution in [0.25, 0.3) is 33.0 Å². The normalized spacial score (nSPS) is 11.4. The Bertz CT molecular complexity index is 1830. The molecule has 0 spiro atoms. The van der Waals surface area contributed by atoms with E-state index in [1.807, 2.05) is 0 Å². The summed E-state index contributed by atoms with van der Waals surface area (Å²) < 4.78 is 19.8. The van der Waals surface area contributed by atoms with Gasteiger partial charge in [0, 0.05) is 16.0 Å². The molecule has 1 N–H and O–H groups in total. The first-order valence-corrected chi connectivity index (χ1v) is 11.6. The third-order valence-corrected chi connectivity index (χ3v) is 5.99. The molecular weight excluding hydrogens is 522 g/mol. The van der Waals surface area contributed by atoms with Crippen LogP contribution in [0.1, 0.15) is 5.56 Å². The van der Waals surface area contributed by atoms with Gasteiger partial charge < -0.3 is 4.42 Å². The fraction of sp³-hybridized carbons (Fsp3) is 0.0385. The second-order valence-electron chi connectivity index (χ2n) is 7.94. The highest BCUT2D eigenvalue weighted by Crippen LogP contribution is 2.26. The molecule has 0 aliphatic carbocycles. The minimum absolute atomic E-state index is 0.0470. The van der Waals surface area contributed by atoms with E-state index in [9.17, 15) is 18.8 Å². The number of carbonyl (C=O) groups is 1. The van der Waals surface area contributed by atoms with Crippen molar-refractivity contribution in [2.45, 2.75) is 6.54 Å². The van der Waals surface area contributed by atoms with Gasteiger partial charge in [0.15, 0.2) is 5.58 Å². The summed E-state index contributed by atoms with van der Waals surface area (Å²) in [6, 6.07) is 15.3. The maximum Gasteiger partial charge on any atom is 0.275 e. The Kier molecular flexibility index (Phi) is 6.56. The van der Waals surface area contributed by atoms with Crippen molar-refractivity contribution in [2.75, 3.05) is 0 Å². The highest BCUT2D eigenvalue weighted by atomic mass is 35.5. The van der Waals surface area contributed by atoms with Gasteiger partial charge in [-0.05, 0) is 42.5 Å². The van der Waals surface area contributed by atoms with E-state index in [-0.39, 0.29) is 26.6 Å². The van der Waals surface area contributed by atoms with Gasteiger partial charge in [0.1, 0.15) is 18.6 Å². The van der Waals surface area contributed by atoms with Crippen LogP contribution in [0.2, 0.25) is 10.0 Å². The largest absolute Gasteiger partial charge is 0.462 e. The van der Waals surface area contributed by atoms with Crippen molar-refractivity contribution in [3.63, 3.8) is 0 Å². The number of nitrogens with zero attached hydrogens (tertiary/aromatic N) is 3. The molecule has 5 aromatic rings. The quantitative estimate of drug-likeness (QED) is 0.257. The average Bonchev–Trinajstić information content (AvgIpc) is 2.88. The van der Waals surface area contributed by atoms with E-state index in [1.54, 1.807) is 36.4 Å². The van der Waals surface area contributed by atoms with E-state index < -0.39 is 29.3 Å². The molecule has 0 saturated carbocycles. The van der Waals surface area contributed by atoms with Crippen molar-refractivity contribution >= 4 is 57.1 Å². The second kappa shape index (κ2) is 9.96. The minimum atomic E-state index is -0.664. The molecule has 2 heterocycles. The number of halogens is 3. The Morgan fingerprint density at radius 3 is 2.54 bits per heavy atom. The van der Waals surface area contributed by atoms with Crippen molar-refractivity contribution < 1.29 is 13.6 Å². The zero-order chi connectivity index (χ0) is 26.1. The van der Waals surface area contributed by atoms with Crippen molar-refractivity contribution in [2.24, 2.45) is 5.10 Å². The standard InChI is InChI=1S/C26H15Cl2FN4O4/c27-16-9-20-24(35)15(13-37-25(20)21(28)10-16)11-30-31-22(34)12-33-26(36)19-4-2-1-3-18(19)23(32-33)14-5-7-17(29)8-6-14/h1-11,13H,12H2,(H,31,34)/b30-11+. The fourth-order valence-electron chi connectivity index (χ4n) is 3.78. The number of hydrazone groups is 1. The van der Waals surface area contributed by atoms with Gasteiger partial charge in [-0.2, -0.15) is 10.2 Å². The third kappa shape index (κ3) is 4.87. The molecule has 2 aromatic heterocycles. The first-order valence-electron chi connectivity index (χ1n) is 10.8. The molecule has 0 unspecified atom stereocenters. The maximum absolute atomic E-state index is 13.4. The van der Waals surface area contributed by atoms with Crippen LogP contribution >= 0.6 is 23.2 Å². The van der Waals surface area contributed by atoms with Crippen LogP contribution in [-0.4, -0.2) is 21.9 Å². The molecule has 3 aromatic carbocycles. The molecular formula is C26H15Cl2FN4O4. The number of nitrogens with one attached hydrogen (secondary N) is 1. The van der Waals surface area contributed by atoms with Gasteiger partial charge in [-0.25, -0.2) is 14.5 Å². The highest BCUT2D eigenvalue weighted by molar-refractivity contribution is 6.38. The van der Waals surface area contributed by atoms with E-state index in [1.165, 1.54) is 24.3 Å². The lowest BCUT2D eigenvalue weighted by Crippen LogP contribution is -2.32. The zero-order valence-corrected chi connectivity index (χ0v) is 20.3. The molecule has 5 rings (SSSR count). The van der Waals surface area contributed by atoms with E-state index in [4.69, 9.17) is 27.6 Å². The fourth-order valence-corrected chi connectivity index (χ4v) is 4.32. The Morgan fingerprint density at radius 2 is 1.78 bits per heavy atom. The monoisotopic (exact) mass is 536 g/mol. The average molecular weight is 537 g/mol. The van der Waals surface area contributed by atoms with Crippen LogP contribution in [0, 0.1) is 5.82 Å². The summed E-state index contributed by atoms with van der Waals surface area (Å²) in [4.78, 5) is 38.2. The predicted octanol–water partition coefficient (Wildman–Crippen LogP) is 4.77. The van der Waals surface area contributed by atoms with Gasteiger partial charge in [-0.15, -0.1) is 0 Å². The molecule has 0 saturated heterocycles. The summed E-state index contributed by atoms with van der Waals surface area (Å²) >= 11 is 12.0. The van der Waals surface area contributed by atoms with Gasteiger partial charge in [0.2, 0.25) is 5.43 Å². The number of hydrogen-bond acceptors (Lipinski definition) is 6. The summed E-state index contributed by atoms with van der Waals surface area (Å²) in [6.45, 7) is -0.452. The van der Waals surface area contributed by atoms with Crippen LogP contribution in [0.15, 0.2) is 86.0 Å². The number of amides is 1. The molecule has 11 heteroatoms. The van der Waals surface area contributed by atoms with Gasteiger partial charge in [0.05, 0.1) is 33.3 Å². The van der Waals surface area contributed by atoms with Crippen LogP contribution in [0.4, 0.5) is 4.39 Å². The Morgan fingerprint density at radius 1 is 1.05 bits per heavy atom. The maximum atomic E-state index is 13.4. The number of fused-ring (bicyclic) bond motifs is 2. The molecule has 0 aliphatic rings. The number of rotatable bonds is 5. The van der Waals surface area contributed by atoms with Crippen LogP contribution in [0.3, 0.4) is 0 Å². The molecule has 0 radical (unpaired) electrons. The van der Waals surface area contributed by atoms with E-state index >= 15 is 0 Å². The lowest BCUT2D eigenvalue weighted by atomic mass is 10.1. The number of aromatic nitrogens is 2. The van der Waals surface area contributed by atoms with E-state index in [0.717, 1.165) is 17.2 Å². The van der Waals surface area contributed by atoms with Gasteiger partial charge in [0.25, 0.3) is 11.5 Å². The Balaban J connectivity index is 1.41. The molecule has 0 aliphatic heterocycles. The number of hydrogen-bond donors (Lipinski definition) is 1. The number of carbonyl (C=O) groups excluding carboxylic acids is 1. The smallest absolute Gasteiger partial charge is 0.275 e. The molecule has 0 bridgehead atoms. The molecule has 1 amide bonds. The molecule has 37 heavy (non-hydrogen) atoms. The third-order valence-electron chi connectivity index (χ3n) is 5.49. The van der Waals surface area contributed by atoms with Crippen LogP contribution in [0.5, 0.6) is 0 Å². The van der Waals surface area contributed by atoms with Crippen molar-refractivity contribution in [3.8, 4) is 11.3 Å². The topological polar surface area (TPSA) is 107 Å². The zero-order valence-electron chi connectivity index (χ0n) is 18.7. The van der Waals surface area contributed by atoms with Crippen molar-refractivity contribution in [1.82, 2.24) is 15.2 Å². The second-order valence-corrected chi connectivity index (χ2v) is 8.79. The predicted molar refractivity (Wildman–Crippen MR) is 140 cm³/mol. The van der Waals surface area contributed by atoms with Crippen LogP contribution in [-0.2, 0) is 11.3 Å². The summed E-state index contributed by atoms with van der Waals surface area (Å²) in [5.41, 5.74) is 2.56. The Labute approximate surface area is 217 Å². The van der Waals surface area contributed by atoms with Crippen molar-refractivity contribution in [1.29, 1.82) is 0 Å². The van der Waals surface area contributed by atoms with E-state index in [2.05, 4.69) is 15.6 Å². The summed E-state index contributed by atoms with van der Waals surface area (Å²) in [7, 11) is 0. The molecule has 0 fully saturated rings. The Hall–Kier alpha value is -4.34. The minimum Gasteiger partial charge on any atom is -0.462 e. The SMILES string of the molecule is O=C(Cn1nc(-c2ccc(F)cc2)c2ccccc2c1=O)N/N=C/c1coc2c(Cl)cc(Cl)cc2c1=O. The first-order chi connectivity index (χ1) is 17.8. The van der Waals surface area contributed by atoms with Gasteiger partial charge in [-0.1, -0.05) is 41.4 Å².